The Hall–Kier alpha value is -2.93. The Kier molecular flexibility index (Phi) is 6.90. The zero-order chi connectivity index (χ0) is 20.0. The van der Waals surface area contributed by atoms with Gasteiger partial charge in [-0.2, -0.15) is 0 Å². The molecule has 0 unspecified atom stereocenters. The van der Waals surface area contributed by atoms with E-state index in [1.165, 1.54) is 25.1 Å². The van der Waals surface area contributed by atoms with Crippen LogP contribution in [-0.4, -0.2) is 30.9 Å². The van der Waals surface area contributed by atoms with Gasteiger partial charge in [0.25, 0.3) is 0 Å². The number of carbonyl (C=O) groups excluding carboxylic acids is 3. The predicted molar refractivity (Wildman–Crippen MR) is 100 cm³/mol. The van der Waals surface area contributed by atoms with E-state index in [0.29, 0.717) is 0 Å². The quantitative estimate of drug-likeness (QED) is 0.761. The van der Waals surface area contributed by atoms with Crippen LogP contribution in [0.5, 0.6) is 0 Å². The van der Waals surface area contributed by atoms with Crippen LogP contribution in [0.1, 0.15) is 24.2 Å². The maximum atomic E-state index is 13.2. The minimum absolute atomic E-state index is 0.135. The Labute approximate surface area is 160 Å². The second-order valence-corrected chi connectivity index (χ2v) is 5.93. The van der Waals surface area contributed by atoms with Crippen molar-refractivity contribution >= 4 is 40.8 Å². The topological polar surface area (TPSA) is 75.7 Å². The van der Waals surface area contributed by atoms with E-state index in [0.717, 1.165) is 11.0 Å². The normalized spacial score (nSPS) is 10.2. The van der Waals surface area contributed by atoms with Crippen LogP contribution < -0.4 is 10.2 Å². The minimum Gasteiger partial charge on any atom is -0.462 e. The second-order valence-electron chi connectivity index (χ2n) is 5.52. The lowest BCUT2D eigenvalue weighted by molar-refractivity contribution is -0.120. The summed E-state index contributed by atoms with van der Waals surface area (Å²) in [6, 6.07) is 10.1. The van der Waals surface area contributed by atoms with Crippen LogP contribution in [0.25, 0.3) is 0 Å². The third kappa shape index (κ3) is 5.27. The van der Waals surface area contributed by atoms with Crippen molar-refractivity contribution < 1.29 is 23.5 Å². The monoisotopic (exact) mass is 392 g/mol. The summed E-state index contributed by atoms with van der Waals surface area (Å²) in [5.41, 5.74) is 0.719. The van der Waals surface area contributed by atoms with Crippen LogP contribution in [0.4, 0.5) is 15.8 Å². The molecule has 0 aromatic heterocycles. The van der Waals surface area contributed by atoms with E-state index < -0.39 is 23.6 Å². The zero-order valence-corrected chi connectivity index (χ0v) is 15.5. The first-order valence-electron chi connectivity index (χ1n) is 8.12. The first kappa shape index (κ1) is 20.4. The van der Waals surface area contributed by atoms with Crippen molar-refractivity contribution in [2.45, 2.75) is 13.8 Å². The molecule has 0 bridgehead atoms. The molecule has 0 aliphatic heterocycles. The number of anilines is 2. The number of esters is 1. The molecule has 0 heterocycles. The Balaban J connectivity index is 2.23. The van der Waals surface area contributed by atoms with E-state index >= 15 is 0 Å². The number of carbonyl (C=O) groups is 3. The molecule has 142 valence electrons. The first-order chi connectivity index (χ1) is 12.8. The predicted octanol–water partition coefficient (Wildman–Crippen LogP) is 3.65. The van der Waals surface area contributed by atoms with E-state index in [1.54, 1.807) is 25.1 Å². The van der Waals surface area contributed by atoms with Gasteiger partial charge in [-0.3, -0.25) is 9.59 Å². The van der Waals surface area contributed by atoms with Crippen LogP contribution >= 0.6 is 11.6 Å². The third-order valence-electron chi connectivity index (χ3n) is 3.58. The number of halogens is 2. The van der Waals surface area contributed by atoms with Crippen molar-refractivity contribution in [2.75, 3.05) is 23.4 Å². The molecule has 0 fully saturated rings. The molecule has 8 heteroatoms. The molecule has 0 atom stereocenters. The Morgan fingerprint density at radius 2 is 1.89 bits per heavy atom. The van der Waals surface area contributed by atoms with Gasteiger partial charge in [-0.25, -0.2) is 9.18 Å². The lowest BCUT2D eigenvalue weighted by atomic mass is 10.1. The third-order valence-corrected chi connectivity index (χ3v) is 3.87. The molecule has 0 aliphatic rings. The van der Waals surface area contributed by atoms with E-state index in [1.807, 2.05) is 0 Å². The van der Waals surface area contributed by atoms with Gasteiger partial charge < -0.3 is 15.0 Å². The SMILES string of the molecule is CCOC(=O)c1ccccc1N(CC(=O)Nc1ccc(F)c(Cl)c1)C(C)=O. The van der Waals surface area contributed by atoms with Crippen LogP contribution in [0.15, 0.2) is 42.5 Å². The molecule has 0 radical (unpaired) electrons. The van der Waals surface area contributed by atoms with E-state index in [4.69, 9.17) is 16.3 Å². The maximum absolute atomic E-state index is 13.2. The van der Waals surface area contributed by atoms with Gasteiger partial charge in [0.15, 0.2) is 0 Å². The Morgan fingerprint density at radius 1 is 1.19 bits per heavy atom. The van der Waals surface area contributed by atoms with Gasteiger partial charge in [-0.1, -0.05) is 23.7 Å². The summed E-state index contributed by atoms with van der Waals surface area (Å²) < 4.78 is 18.2. The molecular formula is C19H18ClFN2O4. The van der Waals surface area contributed by atoms with Crippen molar-refractivity contribution in [3.8, 4) is 0 Å². The lowest BCUT2D eigenvalue weighted by Crippen LogP contribution is -2.37. The lowest BCUT2D eigenvalue weighted by Gasteiger charge is -2.23. The smallest absolute Gasteiger partial charge is 0.340 e. The highest BCUT2D eigenvalue weighted by Crippen LogP contribution is 2.23. The molecule has 0 aliphatic carbocycles. The number of para-hydroxylation sites is 1. The molecular weight excluding hydrogens is 375 g/mol. The Bertz CT molecular complexity index is 873. The molecule has 2 aromatic rings. The van der Waals surface area contributed by atoms with E-state index in [2.05, 4.69) is 5.32 Å². The number of nitrogens with zero attached hydrogens (tertiary/aromatic N) is 1. The van der Waals surface area contributed by atoms with Gasteiger partial charge in [0, 0.05) is 12.6 Å². The van der Waals surface area contributed by atoms with Crippen molar-refractivity contribution in [2.24, 2.45) is 0 Å². The molecule has 1 N–H and O–H groups in total. The summed E-state index contributed by atoms with van der Waals surface area (Å²) in [6.45, 7) is 2.79. The first-order valence-corrected chi connectivity index (χ1v) is 8.50. The number of nitrogens with one attached hydrogen (secondary N) is 1. The summed E-state index contributed by atoms with van der Waals surface area (Å²) in [7, 11) is 0. The highest BCUT2D eigenvalue weighted by atomic mass is 35.5. The summed E-state index contributed by atoms with van der Waals surface area (Å²) in [6.07, 6.45) is 0. The minimum atomic E-state index is -0.608. The molecule has 0 saturated heterocycles. The van der Waals surface area contributed by atoms with E-state index in [-0.39, 0.29) is 35.1 Å². The van der Waals surface area contributed by atoms with Gasteiger partial charge >= 0.3 is 5.97 Å². The largest absolute Gasteiger partial charge is 0.462 e. The van der Waals surface area contributed by atoms with Gasteiger partial charge in [-0.05, 0) is 37.3 Å². The van der Waals surface area contributed by atoms with Crippen LogP contribution in [0.2, 0.25) is 5.02 Å². The van der Waals surface area contributed by atoms with Crippen LogP contribution in [0.3, 0.4) is 0 Å². The molecule has 6 nitrogen and oxygen atoms in total. The van der Waals surface area contributed by atoms with Crippen molar-refractivity contribution in [3.05, 3.63) is 58.9 Å². The molecule has 2 aromatic carbocycles. The van der Waals surface area contributed by atoms with Gasteiger partial charge in [0.05, 0.1) is 22.9 Å². The molecule has 0 saturated carbocycles. The molecule has 2 rings (SSSR count). The average molecular weight is 393 g/mol. The van der Waals surface area contributed by atoms with Crippen LogP contribution in [-0.2, 0) is 14.3 Å². The van der Waals surface area contributed by atoms with Crippen LogP contribution in [0, 0.1) is 5.82 Å². The fourth-order valence-electron chi connectivity index (χ4n) is 2.37. The zero-order valence-electron chi connectivity index (χ0n) is 14.8. The van der Waals surface area contributed by atoms with Gasteiger partial charge in [-0.15, -0.1) is 0 Å². The second kappa shape index (κ2) is 9.14. The standard InChI is InChI=1S/C19H18ClFN2O4/c1-3-27-19(26)14-6-4-5-7-17(14)23(12(2)24)11-18(25)22-13-8-9-16(21)15(20)10-13/h4-10H,3,11H2,1-2H3,(H,22,25). The average Bonchev–Trinajstić information content (AvgIpc) is 2.63. The van der Waals surface area contributed by atoms with Crippen molar-refractivity contribution in [1.82, 2.24) is 0 Å². The Morgan fingerprint density at radius 3 is 2.52 bits per heavy atom. The summed E-state index contributed by atoms with van der Waals surface area (Å²) in [5, 5.41) is 2.40. The van der Waals surface area contributed by atoms with E-state index in [9.17, 15) is 18.8 Å². The number of benzene rings is 2. The number of ether oxygens (including phenoxy) is 1. The van der Waals surface area contributed by atoms with Gasteiger partial charge in [0.2, 0.25) is 11.8 Å². The van der Waals surface area contributed by atoms with Crippen molar-refractivity contribution in [3.63, 3.8) is 0 Å². The highest BCUT2D eigenvalue weighted by molar-refractivity contribution is 6.31. The fraction of sp³-hybridized carbons (Fsp3) is 0.211. The molecule has 2 amide bonds. The summed E-state index contributed by atoms with van der Waals surface area (Å²) in [5.74, 6) is -2.17. The number of hydrogen-bond donors (Lipinski definition) is 1. The molecule has 0 spiro atoms. The maximum Gasteiger partial charge on any atom is 0.340 e. The number of amides is 2. The van der Waals surface area contributed by atoms with Crippen molar-refractivity contribution in [1.29, 1.82) is 0 Å². The van der Waals surface area contributed by atoms with Gasteiger partial charge in [0.1, 0.15) is 12.4 Å². The molecule has 27 heavy (non-hydrogen) atoms. The number of rotatable bonds is 6. The summed E-state index contributed by atoms with van der Waals surface area (Å²) >= 11 is 5.69. The fourth-order valence-corrected chi connectivity index (χ4v) is 2.56. The summed E-state index contributed by atoms with van der Waals surface area (Å²) in [4.78, 5) is 37.7. The number of hydrogen-bond acceptors (Lipinski definition) is 4. The highest BCUT2D eigenvalue weighted by Gasteiger charge is 2.22.